The van der Waals surface area contributed by atoms with Crippen LogP contribution in [0.25, 0.3) is 0 Å². The fraction of sp³-hybridized carbons (Fsp3) is 0.333. The Morgan fingerprint density at radius 2 is 2.00 bits per heavy atom. The van der Waals surface area contributed by atoms with Crippen molar-refractivity contribution in [3.63, 3.8) is 0 Å². The lowest BCUT2D eigenvalue weighted by molar-refractivity contribution is -0.152. The number of allylic oxidation sites excluding steroid dienone is 1. The smallest absolute Gasteiger partial charge is 0.331 e. The number of carbonyl (C=O) groups excluding carboxylic acids is 2. The molecule has 0 aliphatic heterocycles. The van der Waals surface area contributed by atoms with Crippen LogP contribution in [-0.2, 0) is 14.3 Å². The molecule has 1 aliphatic rings. The first-order valence-corrected chi connectivity index (χ1v) is 6.49. The molecule has 0 saturated heterocycles. The van der Waals surface area contributed by atoms with Crippen molar-refractivity contribution in [2.45, 2.75) is 31.9 Å². The van der Waals surface area contributed by atoms with E-state index in [1.54, 1.807) is 6.92 Å². The first-order valence-electron chi connectivity index (χ1n) is 6.49. The third-order valence-corrected chi connectivity index (χ3v) is 2.87. The second-order valence-corrected chi connectivity index (χ2v) is 4.65. The summed E-state index contributed by atoms with van der Waals surface area (Å²) in [6.07, 6.45) is 3.58. The van der Waals surface area contributed by atoms with Gasteiger partial charge in [0.25, 0.3) is 5.91 Å². The molecule has 0 radical (unpaired) electrons. The Bertz CT molecular complexity index is 520. The van der Waals surface area contributed by atoms with Crippen LogP contribution in [0.2, 0.25) is 0 Å². The van der Waals surface area contributed by atoms with Crippen molar-refractivity contribution in [3.8, 4) is 0 Å². The minimum Gasteiger partial charge on any atom is -0.444 e. The van der Waals surface area contributed by atoms with Crippen molar-refractivity contribution in [2.24, 2.45) is 0 Å². The molecule has 0 spiro atoms. The van der Waals surface area contributed by atoms with Crippen molar-refractivity contribution in [1.29, 1.82) is 0 Å². The molecule has 106 valence electrons. The van der Waals surface area contributed by atoms with Crippen LogP contribution < -0.4 is 5.32 Å². The number of nitrogens with one attached hydrogen (secondary N) is 1. The number of ether oxygens (including phenoxy) is 1. The van der Waals surface area contributed by atoms with Crippen molar-refractivity contribution >= 4 is 11.9 Å². The van der Waals surface area contributed by atoms with Gasteiger partial charge in [-0.3, -0.25) is 4.79 Å². The standard InChI is InChI=1S/C15H16FNO3/c1-2-3-13(18)20-14(15(19)17-12-8-9-12)10-4-6-11(16)7-5-10/h2-7,12,14H,8-9H2,1H3,(H,17,19)/b3-2+. The second-order valence-electron chi connectivity index (χ2n) is 4.65. The van der Waals surface area contributed by atoms with E-state index in [4.69, 9.17) is 4.74 Å². The highest BCUT2D eigenvalue weighted by Crippen LogP contribution is 2.23. The molecule has 1 atom stereocenters. The lowest BCUT2D eigenvalue weighted by Crippen LogP contribution is -2.33. The first-order chi connectivity index (χ1) is 9.60. The highest BCUT2D eigenvalue weighted by atomic mass is 19.1. The van der Waals surface area contributed by atoms with Gasteiger partial charge in [-0.05, 0) is 31.9 Å². The van der Waals surface area contributed by atoms with Gasteiger partial charge in [0.15, 0.2) is 0 Å². The van der Waals surface area contributed by atoms with Crippen LogP contribution >= 0.6 is 0 Å². The third-order valence-electron chi connectivity index (χ3n) is 2.87. The number of halogens is 1. The number of benzene rings is 1. The van der Waals surface area contributed by atoms with Crippen LogP contribution in [0.5, 0.6) is 0 Å². The molecule has 4 nitrogen and oxygen atoms in total. The largest absolute Gasteiger partial charge is 0.444 e. The van der Waals surface area contributed by atoms with E-state index >= 15 is 0 Å². The van der Waals surface area contributed by atoms with Gasteiger partial charge < -0.3 is 10.1 Å². The zero-order chi connectivity index (χ0) is 14.5. The molecule has 0 aromatic heterocycles. The monoisotopic (exact) mass is 277 g/mol. The van der Waals surface area contributed by atoms with Crippen molar-refractivity contribution in [2.75, 3.05) is 0 Å². The molecule has 20 heavy (non-hydrogen) atoms. The van der Waals surface area contributed by atoms with E-state index in [2.05, 4.69) is 5.32 Å². The molecule has 0 bridgehead atoms. The Kier molecular flexibility index (Phi) is 4.50. The Morgan fingerprint density at radius 3 is 2.55 bits per heavy atom. The number of hydrogen-bond acceptors (Lipinski definition) is 3. The van der Waals surface area contributed by atoms with Gasteiger partial charge in [-0.2, -0.15) is 0 Å². The maximum absolute atomic E-state index is 12.9. The number of amides is 1. The van der Waals surface area contributed by atoms with Crippen LogP contribution in [0, 0.1) is 5.82 Å². The molecule has 1 amide bonds. The summed E-state index contributed by atoms with van der Waals surface area (Å²) >= 11 is 0. The summed E-state index contributed by atoms with van der Waals surface area (Å²) in [5.41, 5.74) is 0.447. The SMILES string of the molecule is C/C=C/C(=O)OC(C(=O)NC1CC1)c1ccc(F)cc1. The van der Waals surface area contributed by atoms with Gasteiger partial charge in [0, 0.05) is 17.7 Å². The van der Waals surface area contributed by atoms with Crippen molar-refractivity contribution in [1.82, 2.24) is 5.32 Å². The van der Waals surface area contributed by atoms with E-state index < -0.39 is 17.9 Å². The molecule has 1 aromatic carbocycles. The van der Waals surface area contributed by atoms with E-state index in [-0.39, 0.29) is 11.9 Å². The lowest BCUT2D eigenvalue weighted by Gasteiger charge is -2.17. The molecule has 1 saturated carbocycles. The summed E-state index contributed by atoms with van der Waals surface area (Å²) in [5.74, 6) is -1.39. The average molecular weight is 277 g/mol. The molecule has 1 unspecified atom stereocenters. The van der Waals surface area contributed by atoms with Crippen LogP contribution in [0.4, 0.5) is 4.39 Å². The third kappa shape index (κ3) is 3.91. The zero-order valence-corrected chi connectivity index (χ0v) is 11.1. The Balaban J connectivity index is 2.15. The summed E-state index contributed by atoms with van der Waals surface area (Å²) in [5, 5.41) is 2.78. The van der Waals surface area contributed by atoms with Crippen LogP contribution in [-0.4, -0.2) is 17.9 Å². The quantitative estimate of drug-likeness (QED) is 0.663. The topological polar surface area (TPSA) is 55.4 Å². The van der Waals surface area contributed by atoms with Crippen molar-refractivity contribution < 1.29 is 18.7 Å². The molecular formula is C15H16FNO3. The number of esters is 1. The Hall–Kier alpha value is -2.17. The molecule has 2 rings (SSSR count). The minimum atomic E-state index is -1.06. The van der Waals surface area contributed by atoms with E-state index in [1.807, 2.05) is 0 Å². The molecule has 1 N–H and O–H groups in total. The highest BCUT2D eigenvalue weighted by molar-refractivity contribution is 5.88. The fourth-order valence-electron chi connectivity index (χ4n) is 1.71. The van der Waals surface area contributed by atoms with Crippen LogP contribution in [0.3, 0.4) is 0 Å². The van der Waals surface area contributed by atoms with Crippen LogP contribution in [0.15, 0.2) is 36.4 Å². The van der Waals surface area contributed by atoms with Gasteiger partial charge in [-0.1, -0.05) is 18.2 Å². The molecular weight excluding hydrogens is 261 g/mol. The highest BCUT2D eigenvalue weighted by Gasteiger charge is 2.30. The maximum atomic E-state index is 12.9. The predicted octanol–water partition coefficient (Wildman–Crippen LogP) is 2.26. The van der Waals surface area contributed by atoms with E-state index in [1.165, 1.54) is 36.4 Å². The number of carbonyl (C=O) groups is 2. The molecule has 0 heterocycles. The second kappa shape index (κ2) is 6.32. The summed E-state index contributed by atoms with van der Waals surface area (Å²) in [4.78, 5) is 23.6. The summed E-state index contributed by atoms with van der Waals surface area (Å²) in [7, 11) is 0. The average Bonchev–Trinajstić information content (AvgIpc) is 3.21. The Labute approximate surface area is 116 Å². The molecule has 5 heteroatoms. The first kappa shape index (κ1) is 14.2. The van der Waals surface area contributed by atoms with Gasteiger partial charge in [0.1, 0.15) is 5.82 Å². The Morgan fingerprint density at radius 1 is 1.35 bits per heavy atom. The lowest BCUT2D eigenvalue weighted by atomic mass is 10.1. The minimum absolute atomic E-state index is 0.158. The van der Waals surface area contributed by atoms with Gasteiger partial charge in [0.2, 0.25) is 6.10 Å². The summed E-state index contributed by atoms with van der Waals surface area (Å²) in [6.45, 7) is 1.68. The van der Waals surface area contributed by atoms with Gasteiger partial charge in [-0.25, -0.2) is 9.18 Å². The number of hydrogen-bond donors (Lipinski definition) is 1. The van der Waals surface area contributed by atoms with E-state index in [0.29, 0.717) is 5.56 Å². The summed E-state index contributed by atoms with van der Waals surface area (Å²) < 4.78 is 18.1. The van der Waals surface area contributed by atoms with Crippen LogP contribution in [0.1, 0.15) is 31.4 Å². The zero-order valence-electron chi connectivity index (χ0n) is 11.1. The number of rotatable bonds is 5. The van der Waals surface area contributed by atoms with Gasteiger partial charge in [-0.15, -0.1) is 0 Å². The summed E-state index contributed by atoms with van der Waals surface area (Å²) in [6, 6.07) is 5.50. The van der Waals surface area contributed by atoms with Gasteiger partial charge in [0.05, 0.1) is 0 Å². The fourth-order valence-corrected chi connectivity index (χ4v) is 1.71. The molecule has 1 fully saturated rings. The maximum Gasteiger partial charge on any atom is 0.331 e. The van der Waals surface area contributed by atoms with Gasteiger partial charge >= 0.3 is 5.97 Å². The van der Waals surface area contributed by atoms with Crippen molar-refractivity contribution in [3.05, 3.63) is 47.8 Å². The molecule has 1 aliphatic carbocycles. The van der Waals surface area contributed by atoms with E-state index in [0.717, 1.165) is 12.8 Å². The van der Waals surface area contributed by atoms with E-state index in [9.17, 15) is 14.0 Å². The molecule has 1 aromatic rings. The predicted molar refractivity (Wildman–Crippen MR) is 71.2 cm³/mol. The normalized spacial score (nSPS) is 15.9.